The Morgan fingerprint density at radius 1 is 1.46 bits per heavy atom. The molecule has 0 radical (unpaired) electrons. The fourth-order valence-electron chi connectivity index (χ4n) is 3.11. The van der Waals surface area contributed by atoms with Crippen molar-refractivity contribution in [2.75, 3.05) is 32.2 Å². The largest absolute Gasteiger partial charge is 0.497 e. The lowest BCUT2D eigenvalue weighted by Gasteiger charge is -2.22. The highest BCUT2D eigenvalue weighted by atomic mass is 32.2. The number of aromatic nitrogens is 2. The first kappa shape index (κ1) is 18.7. The first-order valence-corrected chi connectivity index (χ1v) is 10.4. The number of nitrogens with zero attached hydrogens (tertiary/aromatic N) is 2. The zero-order valence-corrected chi connectivity index (χ0v) is 15.8. The standard InChI is InChI=1S/C17H24N4O4S/c1-21(12-6-8-26(23,24)11-12)7-5-17(22)18-10-16-19-14-4-3-13(25-2)9-15(14)20-16/h3-4,9,12H,5-8,10-11H2,1-2H3,(H,18,22)(H,19,20)/t12-/m0/s1. The second-order valence-electron chi connectivity index (χ2n) is 6.63. The van der Waals surface area contributed by atoms with E-state index < -0.39 is 9.84 Å². The quantitative estimate of drug-likeness (QED) is 0.733. The number of imidazole rings is 1. The highest BCUT2D eigenvalue weighted by Gasteiger charge is 2.30. The molecule has 1 aromatic carbocycles. The Hall–Kier alpha value is -2.13. The fraction of sp³-hybridized carbons (Fsp3) is 0.529. The molecule has 3 rings (SSSR count). The van der Waals surface area contributed by atoms with E-state index in [1.54, 1.807) is 7.11 Å². The van der Waals surface area contributed by atoms with E-state index in [0.717, 1.165) is 16.8 Å². The number of sulfone groups is 1. The number of carbonyl (C=O) groups is 1. The van der Waals surface area contributed by atoms with Crippen molar-refractivity contribution in [3.8, 4) is 5.75 Å². The molecule has 26 heavy (non-hydrogen) atoms. The molecule has 1 aliphatic heterocycles. The molecule has 8 nitrogen and oxygen atoms in total. The number of methoxy groups -OCH3 is 1. The van der Waals surface area contributed by atoms with Crippen molar-refractivity contribution in [1.82, 2.24) is 20.2 Å². The van der Waals surface area contributed by atoms with Gasteiger partial charge in [-0.15, -0.1) is 0 Å². The second-order valence-corrected chi connectivity index (χ2v) is 8.86. The highest BCUT2D eigenvalue weighted by molar-refractivity contribution is 7.91. The van der Waals surface area contributed by atoms with Gasteiger partial charge in [-0.3, -0.25) is 4.79 Å². The summed E-state index contributed by atoms with van der Waals surface area (Å²) in [6.45, 7) is 0.848. The van der Waals surface area contributed by atoms with Gasteiger partial charge in [-0.05, 0) is 25.6 Å². The summed E-state index contributed by atoms with van der Waals surface area (Å²) in [5.41, 5.74) is 1.67. The third kappa shape index (κ3) is 4.53. The van der Waals surface area contributed by atoms with E-state index in [-0.39, 0.29) is 23.5 Å². The van der Waals surface area contributed by atoms with Gasteiger partial charge < -0.3 is 19.9 Å². The molecule has 0 spiro atoms. The van der Waals surface area contributed by atoms with Crippen LogP contribution in [0, 0.1) is 0 Å². The third-order valence-electron chi connectivity index (χ3n) is 4.71. The number of carbonyl (C=O) groups excluding carboxylic acids is 1. The van der Waals surface area contributed by atoms with Crippen molar-refractivity contribution < 1.29 is 17.9 Å². The molecule has 0 saturated carbocycles. The molecule has 2 aromatic rings. The van der Waals surface area contributed by atoms with Gasteiger partial charge in [-0.2, -0.15) is 0 Å². The van der Waals surface area contributed by atoms with Crippen LogP contribution in [0.15, 0.2) is 18.2 Å². The van der Waals surface area contributed by atoms with Gasteiger partial charge in [0.2, 0.25) is 5.91 Å². The summed E-state index contributed by atoms with van der Waals surface area (Å²) in [4.78, 5) is 21.6. The Labute approximate surface area is 152 Å². The van der Waals surface area contributed by atoms with Crippen molar-refractivity contribution in [3.05, 3.63) is 24.0 Å². The van der Waals surface area contributed by atoms with Crippen LogP contribution in [0.3, 0.4) is 0 Å². The topological polar surface area (TPSA) is 104 Å². The zero-order chi connectivity index (χ0) is 18.7. The maximum atomic E-state index is 12.1. The van der Waals surface area contributed by atoms with Crippen LogP contribution >= 0.6 is 0 Å². The number of ether oxygens (including phenoxy) is 1. The minimum Gasteiger partial charge on any atom is -0.497 e. The molecule has 1 aromatic heterocycles. The predicted molar refractivity (Wildman–Crippen MR) is 98.8 cm³/mol. The number of nitrogens with one attached hydrogen (secondary N) is 2. The number of hydrogen-bond donors (Lipinski definition) is 2. The molecule has 9 heteroatoms. The summed E-state index contributed by atoms with van der Waals surface area (Å²) in [7, 11) is 0.568. The Morgan fingerprint density at radius 2 is 2.27 bits per heavy atom. The molecular formula is C17H24N4O4S. The number of fused-ring (bicyclic) bond motifs is 1. The van der Waals surface area contributed by atoms with E-state index in [4.69, 9.17) is 4.74 Å². The average Bonchev–Trinajstić information content (AvgIpc) is 3.19. The Balaban J connectivity index is 1.47. The van der Waals surface area contributed by atoms with Gasteiger partial charge in [-0.1, -0.05) is 0 Å². The smallest absolute Gasteiger partial charge is 0.221 e. The van der Waals surface area contributed by atoms with Crippen LogP contribution in [0.1, 0.15) is 18.7 Å². The molecule has 1 atom stereocenters. The highest BCUT2D eigenvalue weighted by Crippen LogP contribution is 2.19. The van der Waals surface area contributed by atoms with Gasteiger partial charge in [-0.25, -0.2) is 13.4 Å². The molecule has 0 aliphatic carbocycles. The SMILES string of the molecule is COc1ccc2nc(CNC(=O)CCN(C)[C@H]3CCS(=O)(=O)C3)[nH]c2c1. The molecular weight excluding hydrogens is 356 g/mol. The monoisotopic (exact) mass is 380 g/mol. The number of hydrogen-bond acceptors (Lipinski definition) is 6. The third-order valence-corrected chi connectivity index (χ3v) is 6.46. The molecule has 0 bridgehead atoms. The van der Waals surface area contributed by atoms with E-state index >= 15 is 0 Å². The number of amides is 1. The predicted octanol–water partition coefficient (Wildman–Crippen LogP) is 0.697. The van der Waals surface area contributed by atoms with Crippen molar-refractivity contribution in [1.29, 1.82) is 0 Å². The van der Waals surface area contributed by atoms with Gasteiger partial charge in [0.15, 0.2) is 9.84 Å². The molecule has 1 aliphatic rings. The lowest BCUT2D eigenvalue weighted by molar-refractivity contribution is -0.121. The van der Waals surface area contributed by atoms with Gasteiger partial charge >= 0.3 is 0 Å². The summed E-state index contributed by atoms with van der Waals surface area (Å²) in [5, 5.41) is 2.84. The lowest BCUT2D eigenvalue weighted by atomic mass is 10.2. The molecule has 1 amide bonds. The lowest BCUT2D eigenvalue weighted by Crippen LogP contribution is -2.36. The van der Waals surface area contributed by atoms with Crippen LogP contribution in [0.4, 0.5) is 0 Å². The Bertz CT molecular complexity index is 893. The first-order chi connectivity index (χ1) is 12.4. The van der Waals surface area contributed by atoms with Crippen LogP contribution in [0.5, 0.6) is 5.75 Å². The maximum Gasteiger partial charge on any atom is 0.221 e. The van der Waals surface area contributed by atoms with Crippen molar-refractivity contribution in [2.45, 2.75) is 25.4 Å². The van der Waals surface area contributed by atoms with Crippen molar-refractivity contribution in [3.63, 3.8) is 0 Å². The summed E-state index contributed by atoms with van der Waals surface area (Å²) >= 11 is 0. The Morgan fingerprint density at radius 3 is 2.96 bits per heavy atom. The average molecular weight is 380 g/mol. The van der Waals surface area contributed by atoms with Crippen LogP contribution in [-0.2, 0) is 21.2 Å². The summed E-state index contributed by atoms with van der Waals surface area (Å²) in [6, 6.07) is 5.57. The van der Waals surface area contributed by atoms with Gasteiger partial charge in [0, 0.05) is 25.1 Å². The van der Waals surface area contributed by atoms with Crippen LogP contribution in [0.2, 0.25) is 0 Å². The number of benzene rings is 1. The molecule has 142 valence electrons. The number of rotatable bonds is 7. The number of H-pyrrole nitrogens is 1. The van der Waals surface area contributed by atoms with Crippen LogP contribution in [0.25, 0.3) is 11.0 Å². The fourth-order valence-corrected chi connectivity index (χ4v) is 4.91. The summed E-state index contributed by atoms with van der Waals surface area (Å²) in [6.07, 6.45) is 0.962. The minimum absolute atomic E-state index is 0.0122. The molecule has 0 unspecified atom stereocenters. The van der Waals surface area contributed by atoms with Crippen molar-refractivity contribution in [2.24, 2.45) is 0 Å². The molecule has 2 heterocycles. The first-order valence-electron chi connectivity index (χ1n) is 8.56. The Kier molecular flexibility index (Phi) is 5.47. The van der Waals surface area contributed by atoms with Crippen molar-refractivity contribution >= 4 is 26.8 Å². The van der Waals surface area contributed by atoms with Gasteiger partial charge in [0.25, 0.3) is 0 Å². The van der Waals surface area contributed by atoms with Crippen LogP contribution in [-0.4, -0.2) is 67.4 Å². The van der Waals surface area contributed by atoms with E-state index in [1.807, 2.05) is 30.1 Å². The van der Waals surface area contributed by atoms with Gasteiger partial charge in [0.05, 0.1) is 36.2 Å². The molecule has 1 saturated heterocycles. The molecule has 1 fully saturated rings. The maximum absolute atomic E-state index is 12.1. The van der Waals surface area contributed by atoms with E-state index in [1.165, 1.54) is 0 Å². The molecule has 2 N–H and O–H groups in total. The minimum atomic E-state index is -2.91. The van der Waals surface area contributed by atoms with E-state index in [2.05, 4.69) is 15.3 Å². The summed E-state index contributed by atoms with van der Waals surface area (Å²) in [5.74, 6) is 1.76. The second kappa shape index (κ2) is 7.63. The van der Waals surface area contributed by atoms with E-state index in [0.29, 0.717) is 31.8 Å². The summed E-state index contributed by atoms with van der Waals surface area (Å²) < 4.78 is 28.2. The normalized spacial score (nSPS) is 19.1. The van der Waals surface area contributed by atoms with Gasteiger partial charge in [0.1, 0.15) is 11.6 Å². The van der Waals surface area contributed by atoms with Crippen LogP contribution < -0.4 is 10.1 Å². The zero-order valence-electron chi connectivity index (χ0n) is 15.0. The van der Waals surface area contributed by atoms with E-state index in [9.17, 15) is 13.2 Å². The number of aromatic amines is 1.